The zero-order valence-corrected chi connectivity index (χ0v) is 19.2. The van der Waals surface area contributed by atoms with E-state index >= 15 is 0 Å². The first-order valence-corrected chi connectivity index (χ1v) is 11.8. The van der Waals surface area contributed by atoms with Crippen LogP contribution in [0.15, 0.2) is 11.8 Å². The standard InChI is InChI=1S/C20H35N2O2PS/c1-8-14(26)10-9-11-25-21-15(19(2,3)4)12-23-17(21)18-22(25)16(13-24-18)20(5,6)7/h15-16H,8-13H2,1-7H3/t15-,16-/m1/s1. The van der Waals surface area contributed by atoms with Gasteiger partial charge in [0, 0.05) is 6.16 Å². The number of rotatable bonds is 5. The number of hydrogen-bond donors (Lipinski definition) is 0. The van der Waals surface area contributed by atoms with E-state index in [2.05, 4.69) is 57.8 Å². The first-order chi connectivity index (χ1) is 12.1. The maximum Gasteiger partial charge on any atom is 0.257 e. The minimum absolute atomic E-state index is 0.179. The normalized spacial score (nSPS) is 26.1. The van der Waals surface area contributed by atoms with Crippen molar-refractivity contribution in [1.29, 1.82) is 0 Å². The molecule has 148 valence electrons. The molecular formula is C20H35N2O2PS. The maximum atomic E-state index is 6.20. The molecule has 3 aliphatic rings. The van der Waals surface area contributed by atoms with Gasteiger partial charge in [-0.1, -0.05) is 60.7 Å². The van der Waals surface area contributed by atoms with Crippen LogP contribution in [-0.4, -0.2) is 45.7 Å². The fourth-order valence-electron chi connectivity index (χ4n) is 3.87. The fourth-order valence-corrected chi connectivity index (χ4v) is 7.27. The lowest BCUT2D eigenvalue weighted by molar-refractivity contribution is 0.179. The van der Waals surface area contributed by atoms with Crippen LogP contribution in [0.25, 0.3) is 0 Å². The summed E-state index contributed by atoms with van der Waals surface area (Å²) in [6, 6.07) is 0.813. The Morgan fingerprint density at radius 3 is 1.85 bits per heavy atom. The van der Waals surface area contributed by atoms with Crippen molar-refractivity contribution in [2.75, 3.05) is 19.4 Å². The largest absolute Gasteiger partial charge is 0.473 e. The van der Waals surface area contributed by atoms with Crippen LogP contribution in [0.1, 0.15) is 67.7 Å². The third kappa shape index (κ3) is 3.58. The quantitative estimate of drug-likeness (QED) is 0.450. The summed E-state index contributed by atoms with van der Waals surface area (Å²) in [5.41, 5.74) is 0.358. The number of nitrogens with zero attached hydrogens (tertiary/aromatic N) is 2. The molecule has 0 aromatic heterocycles. The van der Waals surface area contributed by atoms with Crippen LogP contribution in [0.4, 0.5) is 0 Å². The average molecular weight is 399 g/mol. The first kappa shape index (κ1) is 20.2. The molecule has 6 heteroatoms. The van der Waals surface area contributed by atoms with E-state index in [1.165, 1.54) is 4.86 Å². The molecule has 3 rings (SSSR count). The van der Waals surface area contributed by atoms with Gasteiger partial charge in [-0.05, 0) is 35.0 Å². The lowest BCUT2D eigenvalue weighted by Crippen LogP contribution is -2.42. The minimum atomic E-state index is -0.486. The SMILES string of the molecule is CCC(=S)CCCP1N2C(=C3OC[C@H](C(C)(C)C)N31)OC[C@@H]2C(C)(C)C. The highest BCUT2D eigenvalue weighted by Crippen LogP contribution is 2.65. The summed E-state index contributed by atoms with van der Waals surface area (Å²) in [6.45, 7) is 17.6. The fraction of sp³-hybridized carbons (Fsp3) is 0.850. The third-order valence-corrected chi connectivity index (χ3v) is 8.77. The van der Waals surface area contributed by atoms with Crippen LogP contribution in [0.2, 0.25) is 0 Å². The summed E-state index contributed by atoms with van der Waals surface area (Å²) in [7, 11) is -0.486. The molecule has 2 atom stereocenters. The smallest absolute Gasteiger partial charge is 0.257 e. The van der Waals surface area contributed by atoms with Crippen LogP contribution >= 0.6 is 20.4 Å². The Hall–Kier alpha value is -0.540. The summed E-state index contributed by atoms with van der Waals surface area (Å²) in [5.74, 6) is 2.00. The Labute approximate surface area is 166 Å². The summed E-state index contributed by atoms with van der Waals surface area (Å²) < 4.78 is 17.6. The van der Waals surface area contributed by atoms with Gasteiger partial charge >= 0.3 is 0 Å². The second kappa shape index (κ2) is 7.13. The second-order valence-corrected chi connectivity index (χ2v) is 12.4. The summed E-state index contributed by atoms with van der Waals surface area (Å²) in [4.78, 5) is 1.20. The maximum absolute atomic E-state index is 6.20. The predicted octanol–water partition coefficient (Wildman–Crippen LogP) is 5.49. The van der Waals surface area contributed by atoms with Crippen molar-refractivity contribution < 1.29 is 9.47 Å². The molecule has 0 unspecified atom stereocenters. The lowest BCUT2D eigenvalue weighted by Gasteiger charge is -2.42. The molecule has 0 N–H and O–H groups in total. The van der Waals surface area contributed by atoms with E-state index in [1.807, 2.05) is 0 Å². The Morgan fingerprint density at radius 1 is 1.00 bits per heavy atom. The van der Waals surface area contributed by atoms with E-state index < -0.39 is 8.22 Å². The van der Waals surface area contributed by atoms with Gasteiger partial charge in [-0.15, -0.1) is 0 Å². The number of hydrogen-bond acceptors (Lipinski definition) is 5. The Kier molecular flexibility index (Phi) is 5.54. The highest BCUT2D eigenvalue weighted by Gasteiger charge is 2.57. The predicted molar refractivity (Wildman–Crippen MR) is 113 cm³/mol. The average Bonchev–Trinajstić information content (AvgIpc) is 3.18. The van der Waals surface area contributed by atoms with Crippen LogP contribution < -0.4 is 0 Å². The van der Waals surface area contributed by atoms with Crippen molar-refractivity contribution in [3.63, 3.8) is 0 Å². The molecule has 3 aliphatic heterocycles. The van der Waals surface area contributed by atoms with Gasteiger partial charge in [0.25, 0.3) is 11.8 Å². The van der Waals surface area contributed by atoms with Gasteiger partial charge < -0.3 is 9.47 Å². The van der Waals surface area contributed by atoms with Crippen LogP contribution in [-0.2, 0) is 9.47 Å². The van der Waals surface area contributed by atoms with Gasteiger partial charge in [0.05, 0.1) is 12.1 Å². The van der Waals surface area contributed by atoms with E-state index in [0.29, 0.717) is 12.1 Å². The molecule has 0 aliphatic carbocycles. The van der Waals surface area contributed by atoms with Crippen molar-refractivity contribution in [2.24, 2.45) is 10.8 Å². The van der Waals surface area contributed by atoms with Gasteiger partial charge in [-0.3, -0.25) is 9.34 Å². The van der Waals surface area contributed by atoms with Crippen LogP contribution in [0.5, 0.6) is 0 Å². The Bertz CT molecular complexity index is 554. The number of fused-ring (bicyclic) bond motifs is 2. The van der Waals surface area contributed by atoms with Crippen molar-refractivity contribution in [3.8, 4) is 0 Å². The topological polar surface area (TPSA) is 24.9 Å². The van der Waals surface area contributed by atoms with Crippen molar-refractivity contribution in [3.05, 3.63) is 11.8 Å². The zero-order chi connectivity index (χ0) is 19.3. The minimum Gasteiger partial charge on any atom is -0.473 e. The van der Waals surface area contributed by atoms with Gasteiger partial charge in [0.1, 0.15) is 21.4 Å². The lowest BCUT2D eigenvalue weighted by atomic mass is 9.88. The van der Waals surface area contributed by atoms with E-state index in [0.717, 1.165) is 50.4 Å². The van der Waals surface area contributed by atoms with Gasteiger partial charge in [-0.2, -0.15) is 0 Å². The van der Waals surface area contributed by atoms with Crippen molar-refractivity contribution >= 4 is 25.3 Å². The van der Waals surface area contributed by atoms with Gasteiger partial charge in [0.2, 0.25) is 0 Å². The van der Waals surface area contributed by atoms with E-state index in [4.69, 9.17) is 21.7 Å². The number of thiocarbonyl (C=S) groups is 1. The molecule has 4 nitrogen and oxygen atoms in total. The van der Waals surface area contributed by atoms with Crippen molar-refractivity contribution in [2.45, 2.75) is 79.8 Å². The van der Waals surface area contributed by atoms with Gasteiger partial charge in [-0.25, -0.2) is 0 Å². The van der Waals surface area contributed by atoms with E-state index in [-0.39, 0.29) is 10.8 Å². The molecule has 3 heterocycles. The van der Waals surface area contributed by atoms with Crippen LogP contribution in [0, 0.1) is 10.8 Å². The van der Waals surface area contributed by atoms with Gasteiger partial charge in [0.15, 0.2) is 0 Å². The molecule has 0 radical (unpaired) electrons. The summed E-state index contributed by atoms with van der Waals surface area (Å²) in [5, 5.41) is 0. The van der Waals surface area contributed by atoms with Crippen LogP contribution in [0.3, 0.4) is 0 Å². The molecule has 0 aromatic carbocycles. The highest BCUT2D eigenvalue weighted by atomic mass is 32.1. The third-order valence-electron chi connectivity index (χ3n) is 5.65. The molecule has 0 bridgehead atoms. The van der Waals surface area contributed by atoms with Crippen molar-refractivity contribution in [1.82, 2.24) is 9.34 Å². The molecular weight excluding hydrogens is 363 g/mol. The molecule has 0 spiro atoms. The summed E-state index contributed by atoms with van der Waals surface area (Å²) in [6.07, 6.45) is 4.38. The summed E-state index contributed by atoms with van der Waals surface area (Å²) >= 11 is 5.47. The van der Waals surface area contributed by atoms with E-state index in [9.17, 15) is 0 Å². The molecule has 2 fully saturated rings. The first-order valence-electron chi connectivity index (χ1n) is 9.93. The highest BCUT2D eigenvalue weighted by molar-refractivity contribution is 7.80. The van der Waals surface area contributed by atoms with E-state index in [1.54, 1.807) is 0 Å². The molecule has 0 amide bonds. The second-order valence-electron chi connectivity index (χ2n) is 9.78. The molecule has 2 saturated heterocycles. The Morgan fingerprint density at radius 2 is 1.46 bits per heavy atom. The zero-order valence-electron chi connectivity index (χ0n) is 17.5. The monoisotopic (exact) mass is 398 g/mol. The number of ether oxygens (including phenoxy) is 2. The molecule has 0 aromatic rings. The Balaban J connectivity index is 1.88. The molecule has 26 heavy (non-hydrogen) atoms. The molecule has 0 saturated carbocycles.